The number of anilines is 1. The number of hydrogen-bond donors (Lipinski definition) is 1. The van der Waals surface area contributed by atoms with E-state index in [2.05, 4.69) is 4.72 Å². The first-order valence-corrected chi connectivity index (χ1v) is 11.4. The fraction of sp³-hybridized carbons (Fsp3) is 0.611. The second-order valence-electron chi connectivity index (χ2n) is 7.42. The van der Waals surface area contributed by atoms with Crippen molar-refractivity contribution in [1.82, 2.24) is 9.62 Å². The first-order valence-electron chi connectivity index (χ1n) is 9.55. The molecule has 2 heterocycles. The normalized spacial score (nSPS) is 20.4. The Hall–Kier alpha value is -2.20. The summed E-state index contributed by atoms with van der Waals surface area (Å²) in [6, 6.07) is 4.39. The van der Waals surface area contributed by atoms with Gasteiger partial charge in [-0.2, -0.15) is 0 Å². The topological polar surface area (TPSA) is 113 Å². The summed E-state index contributed by atoms with van der Waals surface area (Å²) in [6.07, 6.45) is 5.52. The number of likely N-dealkylation sites (tertiary alicyclic amines) is 1. The van der Waals surface area contributed by atoms with Crippen LogP contribution in [-0.4, -0.2) is 62.6 Å². The number of carbonyl (C=O) groups excluding carboxylic acids is 1. The smallest absolute Gasteiger partial charge is 0.293 e. The average Bonchev–Trinajstić information content (AvgIpc) is 3.19. The molecule has 1 amide bonds. The highest BCUT2D eigenvalue weighted by Gasteiger charge is 2.30. The Labute approximate surface area is 164 Å². The predicted molar refractivity (Wildman–Crippen MR) is 106 cm³/mol. The first-order chi connectivity index (χ1) is 13.3. The summed E-state index contributed by atoms with van der Waals surface area (Å²) >= 11 is 0. The van der Waals surface area contributed by atoms with Crippen molar-refractivity contribution in [3.63, 3.8) is 0 Å². The molecule has 1 aromatic rings. The molecule has 9 nitrogen and oxygen atoms in total. The lowest BCUT2D eigenvalue weighted by Gasteiger charge is -2.36. The zero-order valence-corrected chi connectivity index (χ0v) is 16.8. The highest BCUT2D eigenvalue weighted by Crippen LogP contribution is 2.32. The van der Waals surface area contributed by atoms with Gasteiger partial charge >= 0.3 is 0 Å². The number of rotatable bonds is 6. The molecule has 2 saturated heterocycles. The summed E-state index contributed by atoms with van der Waals surface area (Å²) in [5.41, 5.74) is 0.754. The van der Waals surface area contributed by atoms with Crippen molar-refractivity contribution in [2.75, 3.05) is 37.3 Å². The lowest BCUT2D eigenvalue weighted by molar-refractivity contribution is -0.384. The minimum absolute atomic E-state index is 0.0597. The standard InChI is InChI=1S/C18H26N4O5S/c1-28(26,27)19-13-15-6-2-3-11-21(15)18(23)14-7-8-16(17(12-14)22(24)25)20-9-4-5-10-20/h7-8,12,15,19H,2-6,9-11,13H2,1H3. The van der Waals surface area contributed by atoms with Crippen molar-refractivity contribution in [2.45, 2.75) is 38.1 Å². The van der Waals surface area contributed by atoms with E-state index in [1.807, 2.05) is 4.90 Å². The van der Waals surface area contributed by atoms with Crippen molar-refractivity contribution in [3.05, 3.63) is 33.9 Å². The monoisotopic (exact) mass is 410 g/mol. The van der Waals surface area contributed by atoms with Crippen molar-refractivity contribution in [1.29, 1.82) is 0 Å². The van der Waals surface area contributed by atoms with Crippen LogP contribution in [0.2, 0.25) is 0 Å². The summed E-state index contributed by atoms with van der Waals surface area (Å²) < 4.78 is 25.3. The van der Waals surface area contributed by atoms with Crippen LogP contribution in [0.5, 0.6) is 0 Å². The Balaban J connectivity index is 1.83. The van der Waals surface area contributed by atoms with Gasteiger partial charge in [0.15, 0.2) is 0 Å². The Kier molecular flexibility index (Phi) is 6.19. The molecular formula is C18H26N4O5S. The lowest BCUT2D eigenvalue weighted by Crippen LogP contribution is -2.49. The van der Waals surface area contributed by atoms with Gasteiger partial charge < -0.3 is 9.80 Å². The molecule has 10 heteroatoms. The minimum atomic E-state index is -3.35. The molecule has 3 rings (SSSR count). The molecule has 1 aromatic carbocycles. The van der Waals surface area contributed by atoms with E-state index < -0.39 is 14.9 Å². The van der Waals surface area contributed by atoms with Crippen LogP contribution < -0.4 is 9.62 Å². The maximum Gasteiger partial charge on any atom is 0.293 e. The van der Waals surface area contributed by atoms with Gasteiger partial charge in [0, 0.05) is 43.9 Å². The van der Waals surface area contributed by atoms with Crippen LogP contribution in [0, 0.1) is 10.1 Å². The van der Waals surface area contributed by atoms with Crippen LogP contribution >= 0.6 is 0 Å². The molecule has 2 fully saturated rings. The lowest BCUT2D eigenvalue weighted by atomic mass is 10.0. The van der Waals surface area contributed by atoms with Gasteiger partial charge in [-0.05, 0) is 44.2 Å². The Morgan fingerprint density at radius 3 is 2.54 bits per heavy atom. The number of carbonyl (C=O) groups is 1. The third-order valence-electron chi connectivity index (χ3n) is 5.33. The molecule has 2 aliphatic rings. The summed E-state index contributed by atoms with van der Waals surface area (Å²) in [6.45, 7) is 2.22. The summed E-state index contributed by atoms with van der Waals surface area (Å²) in [5, 5.41) is 11.6. The zero-order valence-electron chi connectivity index (χ0n) is 16.0. The number of nitro groups is 1. The van der Waals surface area contributed by atoms with Crippen LogP contribution in [0.3, 0.4) is 0 Å². The molecule has 28 heavy (non-hydrogen) atoms. The largest absolute Gasteiger partial charge is 0.366 e. The van der Waals surface area contributed by atoms with Crippen LogP contribution in [0.1, 0.15) is 42.5 Å². The van der Waals surface area contributed by atoms with E-state index >= 15 is 0 Å². The fourth-order valence-corrected chi connectivity index (χ4v) is 4.42. The number of benzene rings is 1. The van der Waals surface area contributed by atoms with E-state index in [0.29, 0.717) is 18.7 Å². The second kappa shape index (κ2) is 8.44. The zero-order chi connectivity index (χ0) is 20.3. The van der Waals surface area contributed by atoms with Crippen LogP contribution in [-0.2, 0) is 10.0 Å². The highest BCUT2D eigenvalue weighted by molar-refractivity contribution is 7.88. The van der Waals surface area contributed by atoms with Crippen LogP contribution in [0.15, 0.2) is 18.2 Å². The number of hydrogen-bond acceptors (Lipinski definition) is 6. The predicted octanol–water partition coefficient (Wildman–Crippen LogP) is 1.74. The number of nitrogens with zero attached hydrogens (tertiary/aromatic N) is 3. The van der Waals surface area contributed by atoms with Gasteiger partial charge in [-0.1, -0.05) is 0 Å². The molecule has 0 aliphatic carbocycles. The van der Waals surface area contributed by atoms with Crippen molar-refractivity contribution < 1.29 is 18.1 Å². The first kappa shape index (κ1) is 20.5. The Morgan fingerprint density at radius 2 is 1.89 bits per heavy atom. The van der Waals surface area contributed by atoms with Gasteiger partial charge in [0.1, 0.15) is 5.69 Å². The third-order valence-corrected chi connectivity index (χ3v) is 6.03. The Morgan fingerprint density at radius 1 is 1.21 bits per heavy atom. The molecule has 0 radical (unpaired) electrons. The van der Waals surface area contributed by atoms with E-state index in [1.54, 1.807) is 17.0 Å². The quantitative estimate of drug-likeness (QED) is 0.565. The molecule has 2 aliphatic heterocycles. The van der Waals surface area contributed by atoms with Gasteiger partial charge in [0.25, 0.3) is 11.6 Å². The maximum absolute atomic E-state index is 13.1. The number of nitro benzene ring substituents is 1. The molecule has 1 atom stereocenters. The maximum atomic E-state index is 13.1. The van der Waals surface area contributed by atoms with Gasteiger partial charge in [-0.25, -0.2) is 13.1 Å². The van der Waals surface area contributed by atoms with E-state index in [4.69, 9.17) is 0 Å². The van der Waals surface area contributed by atoms with E-state index in [0.717, 1.165) is 45.0 Å². The molecule has 0 spiro atoms. The summed E-state index contributed by atoms with van der Waals surface area (Å²) in [4.78, 5) is 27.8. The SMILES string of the molecule is CS(=O)(=O)NCC1CCCCN1C(=O)c1ccc(N2CCCC2)c([N+](=O)[O-])c1. The van der Waals surface area contributed by atoms with Gasteiger partial charge in [-0.3, -0.25) is 14.9 Å². The van der Waals surface area contributed by atoms with E-state index in [9.17, 15) is 23.3 Å². The summed E-state index contributed by atoms with van der Waals surface area (Å²) in [5.74, 6) is -0.295. The molecule has 154 valence electrons. The molecule has 1 unspecified atom stereocenters. The Bertz CT molecular complexity index is 852. The molecule has 0 aromatic heterocycles. The summed E-state index contributed by atoms with van der Waals surface area (Å²) in [7, 11) is -3.35. The molecule has 1 N–H and O–H groups in total. The van der Waals surface area contributed by atoms with E-state index in [-0.39, 0.29) is 29.7 Å². The van der Waals surface area contributed by atoms with Gasteiger partial charge in [0.05, 0.1) is 11.2 Å². The third kappa shape index (κ3) is 4.79. The highest BCUT2D eigenvalue weighted by atomic mass is 32.2. The molecule has 0 saturated carbocycles. The molecule has 0 bridgehead atoms. The fourth-order valence-electron chi connectivity index (χ4n) is 3.92. The minimum Gasteiger partial charge on any atom is -0.366 e. The molecular weight excluding hydrogens is 384 g/mol. The van der Waals surface area contributed by atoms with Crippen LogP contribution in [0.25, 0.3) is 0 Å². The number of piperidine rings is 1. The van der Waals surface area contributed by atoms with Crippen LogP contribution in [0.4, 0.5) is 11.4 Å². The van der Waals surface area contributed by atoms with E-state index in [1.165, 1.54) is 6.07 Å². The van der Waals surface area contributed by atoms with Crippen molar-refractivity contribution >= 4 is 27.3 Å². The average molecular weight is 410 g/mol. The van der Waals surface area contributed by atoms with Gasteiger partial charge in [0.2, 0.25) is 10.0 Å². The number of sulfonamides is 1. The number of nitrogens with one attached hydrogen (secondary N) is 1. The van der Waals surface area contributed by atoms with Crippen molar-refractivity contribution in [2.24, 2.45) is 0 Å². The number of amides is 1. The van der Waals surface area contributed by atoms with Crippen molar-refractivity contribution in [3.8, 4) is 0 Å². The second-order valence-corrected chi connectivity index (χ2v) is 9.26. The van der Waals surface area contributed by atoms with Gasteiger partial charge in [-0.15, -0.1) is 0 Å².